The van der Waals surface area contributed by atoms with Crippen LogP contribution in [-0.4, -0.2) is 23.2 Å². The Morgan fingerprint density at radius 3 is 2.38 bits per heavy atom. The Labute approximate surface area is 156 Å². The molecule has 0 aromatic heterocycles. The highest BCUT2D eigenvalue weighted by Gasteiger charge is 2.22. The number of rotatable bonds is 8. The van der Waals surface area contributed by atoms with Crippen LogP contribution in [0.15, 0.2) is 53.4 Å². The highest BCUT2D eigenvalue weighted by atomic mass is 32.2. The lowest BCUT2D eigenvalue weighted by molar-refractivity contribution is -0.137. The standard InChI is InChI=1S/C20H22FNO3S/c1-13(11-15-5-3-4-6-17(15)21)20(25)22-18(12-19(23)24)14-7-9-16(26-2)10-8-14/h3-10,13,18H,11-12H2,1-2H3,(H,22,25)(H,23,24). The molecule has 2 aromatic rings. The Kier molecular flexibility index (Phi) is 7.21. The molecule has 2 rings (SSSR count). The van der Waals surface area contributed by atoms with E-state index in [0.717, 1.165) is 10.5 Å². The molecule has 1 amide bonds. The molecule has 0 fully saturated rings. The first kappa shape index (κ1) is 20.0. The molecule has 2 atom stereocenters. The Morgan fingerprint density at radius 2 is 1.81 bits per heavy atom. The fourth-order valence-corrected chi connectivity index (χ4v) is 3.07. The maximum atomic E-state index is 13.8. The van der Waals surface area contributed by atoms with Crippen molar-refractivity contribution in [3.8, 4) is 0 Å². The molecule has 0 radical (unpaired) electrons. The molecule has 2 N–H and O–H groups in total. The van der Waals surface area contributed by atoms with Gasteiger partial charge in [0.15, 0.2) is 0 Å². The number of carboxylic acids is 1. The Morgan fingerprint density at radius 1 is 1.15 bits per heavy atom. The number of benzene rings is 2. The molecule has 138 valence electrons. The third kappa shape index (κ3) is 5.59. The molecule has 0 aliphatic heterocycles. The van der Waals surface area contributed by atoms with Gasteiger partial charge >= 0.3 is 5.97 Å². The van der Waals surface area contributed by atoms with Crippen molar-refractivity contribution >= 4 is 23.6 Å². The van der Waals surface area contributed by atoms with Crippen molar-refractivity contribution in [2.24, 2.45) is 5.92 Å². The van der Waals surface area contributed by atoms with Gasteiger partial charge < -0.3 is 10.4 Å². The minimum Gasteiger partial charge on any atom is -0.481 e. The Bertz CT molecular complexity index is 764. The van der Waals surface area contributed by atoms with Crippen LogP contribution in [0.25, 0.3) is 0 Å². The molecule has 0 aliphatic rings. The number of carbonyl (C=O) groups excluding carboxylic acids is 1. The molecule has 2 aromatic carbocycles. The van der Waals surface area contributed by atoms with Gasteiger partial charge in [-0.2, -0.15) is 0 Å². The van der Waals surface area contributed by atoms with Crippen molar-refractivity contribution in [2.75, 3.05) is 6.26 Å². The first-order valence-electron chi connectivity index (χ1n) is 8.30. The van der Waals surface area contributed by atoms with E-state index in [9.17, 15) is 14.0 Å². The summed E-state index contributed by atoms with van der Waals surface area (Å²) in [6, 6.07) is 13.1. The second-order valence-corrected chi connectivity index (χ2v) is 7.01. The molecule has 0 saturated heterocycles. The van der Waals surface area contributed by atoms with E-state index >= 15 is 0 Å². The summed E-state index contributed by atoms with van der Waals surface area (Å²) in [6.07, 6.45) is 2.00. The fraction of sp³-hybridized carbons (Fsp3) is 0.300. The summed E-state index contributed by atoms with van der Waals surface area (Å²) >= 11 is 1.59. The van der Waals surface area contributed by atoms with Crippen LogP contribution in [0.1, 0.15) is 30.5 Å². The molecule has 0 saturated carbocycles. The highest BCUT2D eigenvalue weighted by Crippen LogP contribution is 2.22. The van der Waals surface area contributed by atoms with Gasteiger partial charge in [-0.25, -0.2) is 4.39 Å². The minimum absolute atomic E-state index is 0.212. The largest absolute Gasteiger partial charge is 0.481 e. The molecular formula is C20H22FNO3S. The number of halogens is 1. The number of carboxylic acid groups (broad SMARTS) is 1. The van der Waals surface area contributed by atoms with Gasteiger partial charge in [-0.15, -0.1) is 11.8 Å². The van der Waals surface area contributed by atoms with Crippen LogP contribution < -0.4 is 5.32 Å². The summed E-state index contributed by atoms with van der Waals surface area (Å²) in [5, 5.41) is 12.0. The number of thioether (sulfide) groups is 1. The van der Waals surface area contributed by atoms with E-state index in [-0.39, 0.29) is 24.6 Å². The van der Waals surface area contributed by atoms with E-state index in [1.165, 1.54) is 6.07 Å². The van der Waals surface area contributed by atoms with Gasteiger partial charge in [0.2, 0.25) is 5.91 Å². The van der Waals surface area contributed by atoms with Crippen LogP contribution in [-0.2, 0) is 16.0 Å². The van der Waals surface area contributed by atoms with Crippen molar-refractivity contribution in [2.45, 2.75) is 30.7 Å². The zero-order valence-electron chi connectivity index (χ0n) is 14.7. The van der Waals surface area contributed by atoms with Gasteiger partial charge in [0.25, 0.3) is 0 Å². The fourth-order valence-electron chi connectivity index (χ4n) is 2.66. The molecule has 0 aliphatic carbocycles. The van der Waals surface area contributed by atoms with Crippen LogP contribution in [0.4, 0.5) is 4.39 Å². The zero-order chi connectivity index (χ0) is 19.1. The van der Waals surface area contributed by atoms with Crippen LogP contribution in [0.2, 0.25) is 0 Å². The Balaban J connectivity index is 2.09. The summed E-state index contributed by atoms with van der Waals surface area (Å²) < 4.78 is 13.8. The second-order valence-electron chi connectivity index (χ2n) is 6.13. The van der Waals surface area contributed by atoms with Gasteiger partial charge in [0.1, 0.15) is 5.82 Å². The summed E-state index contributed by atoms with van der Waals surface area (Å²) in [7, 11) is 0. The van der Waals surface area contributed by atoms with Gasteiger partial charge in [0, 0.05) is 10.8 Å². The Hall–Kier alpha value is -2.34. The number of aliphatic carboxylic acids is 1. The molecular weight excluding hydrogens is 353 g/mol. The lowest BCUT2D eigenvalue weighted by Crippen LogP contribution is -2.35. The van der Waals surface area contributed by atoms with Gasteiger partial charge in [0.05, 0.1) is 12.5 Å². The van der Waals surface area contributed by atoms with Crippen LogP contribution in [0, 0.1) is 11.7 Å². The average molecular weight is 375 g/mol. The normalized spacial score (nSPS) is 13.0. The molecule has 2 unspecified atom stereocenters. The van der Waals surface area contributed by atoms with E-state index in [2.05, 4.69) is 5.32 Å². The lowest BCUT2D eigenvalue weighted by Gasteiger charge is -2.20. The number of amides is 1. The number of nitrogens with one attached hydrogen (secondary N) is 1. The monoisotopic (exact) mass is 375 g/mol. The summed E-state index contributed by atoms with van der Waals surface area (Å²) in [5.41, 5.74) is 1.20. The topological polar surface area (TPSA) is 66.4 Å². The number of carbonyl (C=O) groups is 2. The van der Waals surface area contributed by atoms with E-state index in [1.54, 1.807) is 36.9 Å². The quantitative estimate of drug-likeness (QED) is 0.683. The SMILES string of the molecule is CSc1ccc(C(CC(=O)O)NC(=O)C(C)Cc2ccccc2F)cc1. The maximum absolute atomic E-state index is 13.8. The van der Waals surface area contributed by atoms with Crippen molar-refractivity contribution in [1.82, 2.24) is 5.32 Å². The van der Waals surface area contributed by atoms with Crippen molar-refractivity contribution in [3.05, 3.63) is 65.5 Å². The molecule has 4 nitrogen and oxygen atoms in total. The lowest BCUT2D eigenvalue weighted by atomic mass is 9.98. The van der Waals surface area contributed by atoms with Gasteiger partial charge in [-0.05, 0) is 42.0 Å². The predicted molar refractivity (Wildman–Crippen MR) is 101 cm³/mol. The smallest absolute Gasteiger partial charge is 0.305 e. The van der Waals surface area contributed by atoms with E-state index in [1.807, 2.05) is 30.5 Å². The van der Waals surface area contributed by atoms with Crippen LogP contribution >= 0.6 is 11.8 Å². The molecule has 0 bridgehead atoms. The first-order valence-corrected chi connectivity index (χ1v) is 9.52. The van der Waals surface area contributed by atoms with Crippen LogP contribution in [0.3, 0.4) is 0 Å². The van der Waals surface area contributed by atoms with Crippen molar-refractivity contribution < 1.29 is 19.1 Å². The predicted octanol–water partition coefficient (Wildman–Crippen LogP) is 4.06. The van der Waals surface area contributed by atoms with Crippen molar-refractivity contribution in [1.29, 1.82) is 0 Å². The summed E-state index contributed by atoms with van der Waals surface area (Å²) in [4.78, 5) is 24.8. The van der Waals surface area contributed by atoms with E-state index < -0.39 is 17.9 Å². The zero-order valence-corrected chi connectivity index (χ0v) is 15.6. The van der Waals surface area contributed by atoms with Gasteiger partial charge in [-0.1, -0.05) is 37.3 Å². The third-order valence-corrected chi connectivity index (χ3v) is 4.89. The second kappa shape index (κ2) is 9.38. The van der Waals surface area contributed by atoms with Crippen LogP contribution in [0.5, 0.6) is 0 Å². The van der Waals surface area contributed by atoms with E-state index in [4.69, 9.17) is 5.11 Å². The first-order chi connectivity index (χ1) is 12.4. The molecule has 6 heteroatoms. The molecule has 26 heavy (non-hydrogen) atoms. The van der Waals surface area contributed by atoms with Gasteiger partial charge in [-0.3, -0.25) is 9.59 Å². The number of hydrogen-bond donors (Lipinski definition) is 2. The average Bonchev–Trinajstić information content (AvgIpc) is 2.62. The highest BCUT2D eigenvalue weighted by molar-refractivity contribution is 7.98. The summed E-state index contributed by atoms with van der Waals surface area (Å²) in [6.45, 7) is 1.70. The summed E-state index contributed by atoms with van der Waals surface area (Å²) in [5.74, 6) is -2.12. The van der Waals surface area contributed by atoms with Crippen molar-refractivity contribution in [3.63, 3.8) is 0 Å². The van der Waals surface area contributed by atoms with E-state index in [0.29, 0.717) is 5.56 Å². The number of hydrogen-bond acceptors (Lipinski definition) is 3. The molecule has 0 spiro atoms. The molecule has 0 heterocycles. The minimum atomic E-state index is -0.994. The maximum Gasteiger partial charge on any atom is 0.305 e. The third-order valence-electron chi connectivity index (χ3n) is 4.14.